The summed E-state index contributed by atoms with van der Waals surface area (Å²) < 4.78 is 4.80. The topological polar surface area (TPSA) is 110 Å². The minimum absolute atomic E-state index is 0.299. The number of nitrogens with zero attached hydrogens (tertiary/aromatic N) is 1. The van der Waals surface area contributed by atoms with Gasteiger partial charge in [-0.1, -0.05) is 31.0 Å². The normalized spacial score (nSPS) is 21.6. The van der Waals surface area contributed by atoms with E-state index in [-0.39, 0.29) is 23.7 Å². The van der Waals surface area contributed by atoms with Gasteiger partial charge in [0.05, 0.1) is 11.8 Å². The fraction of sp³-hybridized carbons (Fsp3) is 0.421. The Morgan fingerprint density at radius 3 is 2.19 bits per heavy atom. The molecule has 8 nitrogen and oxygen atoms in total. The number of hydrogen-bond acceptors (Lipinski definition) is 6. The summed E-state index contributed by atoms with van der Waals surface area (Å²) in [6.07, 6.45) is 3.11. The highest BCUT2D eigenvalue weighted by Crippen LogP contribution is 2.37. The molecule has 0 radical (unpaired) electrons. The van der Waals surface area contributed by atoms with E-state index in [1.54, 1.807) is 30.3 Å². The van der Waals surface area contributed by atoms with E-state index in [2.05, 4.69) is 5.32 Å². The summed E-state index contributed by atoms with van der Waals surface area (Å²) in [5, 5.41) is 2.10. The number of amides is 4. The predicted octanol–water partition coefficient (Wildman–Crippen LogP) is 0.661. The monoisotopic (exact) mass is 372 g/mol. The Labute approximate surface area is 155 Å². The van der Waals surface area contributed by atoms with Gasteiger partial charge in [0.2, 0.25) is 11.8 Å². The molecule has 1 aromatic rings. The van der Waals surface area contributed by atoms with Gasteiger partial charge in [0, 0.05) is 5.56 Å². The number of imide groups is 2. The second-order valence-electron chi connectivity index (χ2n) is 6.66. The Morgan fingerprint density at radius 2 is 1.59 bits per heavy atom. The van der Waals surface area contributed by atoms with Crippen LogP contribution in [0.25, 0.3) is 0 Å². The van der Waals surface area contributed by atoms with E-state index in [0.29, 0.717) is 18.4 Å². The average Bonchev–Trinajstić information content (AvgIpc) is 2.92. The van der Waals surface area contributed by atoms with Crippen molar-refractivity contribution in [3.05, 3.63) is 35.9 Å². The number of fused-ring (bicyclic) bond motifs is 1. The molecule has 2 fully saturated rings. The molecule has 1 aromatic carbocycles. The van der Waals surface area contributed by atoms with Crippen LogP contribution in [0, 0.1) is 11.8 Å². The summed E-state index contributed by atoms with van der Waals surface area (Å²) in [6.45, 7) is -1.18. The first-order valence-corrected chi connectivity index (χ1v) is 8.87. The first kappa shape index (κ1) is 18.8. The van der Waals surface area contributed by atoms with Crippen LogP contribution in [0.5, 0.6) is 0 Å². The van der Waals surface area contributed by atoms with Crippen LogP contribution in [0.2, 0.25) is 0 Å². The van der Waals surface area contributed by atoms with Crippen molar-refractivity contribution in [2.45, 2.75) is 25.7 Å². The number of benzene rings is 1. The van der Waals surface area contributed by atoms with Gasteiger partial charge in [-0.15, -0.1) is 0 Å². The molecule has 4 amide bonds. The lowest BCUT2D eigenvalue weighted by atomic mass is 9.81. The standard InChI is InChI=1S/C19H20N2O6/c22-15(20-17(24)12-6-2-1-3-7-12)11-27-16(23)10-21-18(25)13-8-4-5-9-14(13)19(21)26/h1-3,6-7,13-14H,4-5,8-11H2,(H,20,22,24)/t13-,14+. The van der Waals surface area contributed by atoms with Gasteiger partial charge < -0.3 is 4.74 Å². The quantitative estimate of drug-likeness (QED) is 0.601. The van der Waals surface area contributed by atoms with Crippen molar-refractivity contribution >= 4 is 29.6 Å². The van der Waals surface area contributed by atoms with Gasteiger partial charge in [0.1, 0.15) is 6.54 Å². The zero-order valence-electron chi connectivity index (χ0n) is 14.7. The number of likely N-dealkylation sites (tertiary alicyclic amines) is 1. The highest BCUT2D eigenvalue weighted by atomic mass is 16.5. The number of esters is 1. The van der Waals surface area contributed by atoms with Gasteiger partial charge in [-0.05, 0) is 25.0 Å². The molecule has 1 heterocycles. The average molecular weight is 372 g/mol. The fourth-order valence-corrected chi connectivity index (χ4v) is 3.53. The van der Waals surface area contributed by atoms with E-state index >= 15 is 0 Å². The van der Waals surface area contributed by atoms with E-state index in [1.165, 1.54) is 0 Å². The van der Waals surface area contributed by atoms with Crippen molar-refractivity contribution in [1.82, 2.24) is 10.2 Å². The lowest BCUT2D eigenvalue weighted by molar-refractivity contribution is -0.154. The zero-order valence-corrected chi connectivity index (χ0v) is 14.7. The van der Waals surface area contributed by atoms with Crippen molar-refractivity contribution in [1.29, 1.82) is 0 Å². The molecule has 1 saturated carbocycles. The van der Waals surface area contributed by atoms with E-state index < -0.39 is 30.9 Å². The molecule has 1 saturated heterocycles. The molecule has 2 atom stereocenters. The molecule has 142 valence electrons. The van der Waals surface area contributed by atoms with Crippen LogP contribution < -0.4 is 5.32 Å². The lowest BCUT2D eigenvalue weighted by Gasteiger charge is -2.19. The van der Waals surface area contributed by atoms with Crippen molar-refractivity contribution in [2.24, 2.45) is 11.8 Å². The number of hydrogen-bond donors (Lipinski definition) is 1. The van der Waals surface area contributed by atoms with Crippen molar-refractivity contribution in [2.75, 3.05) is 13.2 Å². The highest BCUT2D eigenvalue weighted by Gasteiger charge is 2.48. The fourth-order valence-electron chi connectivity index (χ4n) is 3.53. The molecule has 27 heavy (non-hydrogen) atoms. The molecule has 0 spiro atoms. The molecular formula is C19H20N2O6. The van der Waals surface area contributed by atoms with E-state index in [1.807, 2.05) is 0 Å². The molecular weight excluding hydrogens is 352 g/mol. The smallest absolute Gasteiger partial charge is 0.326 e. The van der Waals surface area contributed by atoms with Crippen LogP contribution in [0.15, 0.2) is 30.3 Å². The van der Waals surface area contributed by atoms with Crippen LogP contribution in [-0.4, -0.2) is 47.6 Å². The minimum atomic E-state index is -0.863. The summed E-state index contributed by atoms with van der Waals surface area (Å²) in [5.41, 5.74) is 0.299. The third-order valence-electron chi connectivity index (χ3n) is 4.87. The van der Waals surface area contributed by atoms with Gasteiger partial charge >= 0.3 is 5.97 Å². The number of carbonyl (C=O) groups is 5. The number of nitrogens with one attached hydrogen (secondary N) is 1. The third kappa shape index (κ3) is 4.21. The molecule has 8 heteroatoms. The summed E-state index contributed by atoms with van der Waals surface area (Å²) in [4.78, 5) is 61.0. The summed E-state index contributed by atoms with van der Waals surface area (Å²) in [5.74, 6) is -3.62. The molecule has 1 aliphatic heterocycles. The van der Waals surface area contributed by atoms with Gasteiger partial charge in [-0.3, -0.25) is 34.2 Å². The number of ether oxygens (including phenoxy) is 1. The first-order chi connectivity index (χ1) is 13.0. The van der Waals surface area contributed by atoms with Crippen LogP contribution in [0.1, 0.15) is 36.0 Å². The molecule has 1 N–H and O–H groups in total. The van der Waals surface area contributed by atoms with Crippen molar-refractivity contribution < 1.29 is 28.7 Å². The lowest BCUT2D eigenvalue weighted by Crippen LogP contribution is -2.39. The minimum Gasteiger partial charge on any atom is -0.454 e. The van der Waals surface area contributed by atoms with Crippen LogP contribution in [0.3, 0.4) is 0 Å². The van der Waals surface area contributed by atoms with Gasteiger partial charge in [-0.2, -0.15) is 0 Å². The second kappa shape index (κ2) is 8.11. The number of carbonyl (C=O) groups excluding carboxylic acids is 5. The molecule has 2 aliphatic rings. The van der Waals surface area contributed by atoms with Crippen LogP contribution in [-0.2, 0) is 23.9 Å². The summed E-state index contributed by atoms with van der Waals surface area (Å²) in [6, 6.07) is 8.12. The predicted molar refractivity (Wildman–Crippen MR) is 92.0 cm³/mol. The molecule has 0 bridgehead atoms. The van der Waals surface area contributed by atoms with Crippen molar-refractivity contribution in [3.8, 4) is 0 Å². The molecule has 0 aromatic heterocycles. The van der Waals surface area contributed by atoms with E-state index in [4.69, 9.17) is 4.74 Å². The Morgan fingerprint density at radius 1 is 1.00 bits per heavy atom. The van der Waals surface area contributed by atoms with E-state index in [9.17, 15) is 24.0 Å². The third-order valence-corrected chi connectivity index (χ3v) is 4.87. The van der Waals surface area contributed by atoms with Crippen LogP contribution in [0.4, 0.5) is 0 Å². The van der Waals surface area contributed by atoms with Gasteiger partial charge in [0.15, 0.2) is 6.61 Å². The van der Waals surface area contributed by atoms with Crippen LogP contribution >= 0.6 is 0 Å². The Bertz CT molecular complexity index is 752. The van der Waals surface area contributed by atoms with E-state index in [0.717, 1.165) is 17.7 Å². The largest absolute Gasteiger partial charge is 0.454 e. The van der Waals surface area contributed by atoms with Crippen molar-refractivity contribution in [3.63, 3.8) is 0 Å². The maximum atomic E-state index is 12.3. The molecule has 3 rings (SSSR count). The maximum Gasteiger partial charge on any atom is 0.326 e. The SMILES string of the molecule is O=C(COC(=O)CN1C(=O)[C@H]2CCCC[C@H]2C1=O)NC(=O)c1ccccc1. The van der Waals surface area contributed by atoms with Gasteiger partial charge in [-0.25, -0.2) is 0 Å². The zero-order chi connectivity index (χ0) is 19.4. The summed E-state index contributed by atoms with van der Waals surface area (Å²) in [7, 11) is 0. The van der Waals surface area contributed by atoms with Gasteiger partial charge in [0.25, 0.3) is 11.8 Å². The number of rotatable bonds is 5. The maximum absolute atomic E-state index is 12.3. The highest BCUT2D eigenvalue weighted by molar-refractivity contribution is 6.07. The summed E-state index contributed by atoms with van der Waals surface area (Å²) >= 11 is 0. The second-order valence-corrected chi connectivity index (χ2v) is 6.66. The molecule has 0 unspecified atom stereocenters. The Hall–Kier alpha value is -3.03. The Balaban J connectivity index is 1.47. The Kier molecular flexibility index (Phi) is 5.63. The molecule has 1 aliphatic carbocycles. The first-order valence-electron chi connectivity index (χ1n) is 8.87.